The molecule has 7 heteroatoms. The van der Waals surface area contributed by atoms with Crippen LogP contribution in [0.4, 0.5) is 5.88 Å². The number of hydrogen-bond acceptors (Lipinski definition) is 5. The fraction of sp³-hybridized carbons (Fsp3) is 0.500. The molecule has 1 amide bonds. The van der Waals surface area contributed by atoms with Crippen LogP contribution in [0, 0.1) is 10.1 Å². The number of amides is 1. The molecule has 1 aliphatic heterocycles. The molecule has 2 N–H and O–H groups in total. The number of carbonyl (C=O) groups is 1. The number of nitrogens with zero attached hydrogens (tertiary/aromatic N) is 1. The summed E-state index contributed by atoms with van der Waals surface area (Å²) in [4.78, 5) is 21.4. The largest absolute Gasteiger partial charge is 0.433 e. The monoisotopic (exact) mass is 239 g/mol. The van der Waals surface area contributed by atoms with Crippen LogP contribution in [0.2, 0.25) is 0 Å². The summed E-state index contributed by atoms with van der Waals surface area (Å²) in [6, 6.07) is 2.54. The maximum atomic E-state index is 11.7. The first-order valence-corrected chi connectivity index (χ1v) is 5.42. The molecule has 0 aromatic carbocycles. The molecule has 92 valence electrons. The Morgan fingerprint density at radius 1 is 1.59 bits per heavy atom. The van der Waals surface area contributed by atoms with Crippen molar-refractivity contribution in [3.63, 3.8) is 0 Å². The van der Waals surface area contributed by atoms with Gasteiger partial charge in [0.05, 0.1) is 6.07 Å². The quantitative estimate of drug-likeness (QED) is 0.596. The highest BCUT2D eigenvalue weighted by Gasteiger charge is 2.20. The van der Waals surface area contributed by atoms with E-state index in [1.807, 2.05) is 0 Å². The summed E-state index contributed by atoms with van der Waals surface area (Å²) in [6.45, 7) is 1.67. The number of nitro groups is 1. The summed E-state index contributed by atoms with van der Waals surface area (Å²) in [5.41, 5.74) is 0. The van der Waals surface area contributed by atoms with Crippen molar-refractivity contribution in [2.75, 3.05) is 13.1 Å². The van der Waals surface area contributed by atoms with E-state index in [0.717, 1.165) is 19.4 Å². The predicted octanol–water partition coefficient (Wildman–Crippen LogP) is 0.670. The van der Waals surface area contributed by atoms with Crippen LogP contribution in [0.25, 0.3) is 0 Å². The normalized spacial score (nSPS) is 19.9. The summed E-state index contributed by atoms with van der Waals surface area (Å²) < 4.78 is 4.82. The van der Waals surface area contributed by atoms with Crippen LogP contribution in [-0.2, 0) is 0 Å². The van der Waals surface area contributed by atoms with Crippen molar-refractivity contribution in [1.29, 1.82) is 0 Å². The van der Waals surface area contributed by atoms with Crippen LogP contribution >= 0.6 is 0 Å². The van der Waals surface area contributed by atoms with Gasteiger partial charge < -0.3 is 15.1 Å². The summed E-state index contributed by atoms with van der Waals surface area (Å²) >= 11 is 0. The number of nitrogens with one attached hydrogen (secondary N) is 2. The van der Waals surface area contributed by atoms with Gasteiger partial charge >= 0.3 is 5.88 Å². The molecule has 0 spiro atoms. The van der Waals surface area contributed by atoms with Crippen molar-refractivity contribution < 1.29 is 14.1 Å². The third-order valence-electron chi connectivity index (χ3n) is 2.63. The summed E-state index contributed by atoms with van der Waals surface area (Å²) in [5, 5.41) is 16.3. The molecule has 1 aromatic rings. The maximum Gasteiger partial charge on any atom is 0.433 e. The van der Waals surface area contributed by atoms with Crippen molar-refractivity contribution in [2.45, 2.75) is 18.9 Å². The fourth-order valence-electron chi connectivity index (χ4n) is 1.78. The van der Waals surface area contributed by atoms with Gasteiger partial charge in [0.15, 0.2) is 5.76 Å². The number of furan rings is 1. The van der Waals surface area contributed by atoms with Crippen molar-refractivity contribution in [2.24, 2.45) is 0 Å². The fourth-order valence-corrected chi connectivity index (χ4v) is 1.78. The maximum absolute atomic E-state index is 11.7. The zero-order valence-electron chi connectivity index (χ0n) is 9.14. The first kappa shape index (κ1) is 11.6. The Morgan fingerprint density at radius 2 is 2.41 bits per heavy atom. The number of piperidine rings is 1. The molecule has 1 atom stereocenters. The molecule has 17 heavy (non-hydrogen) atoms. The molecular weight excluding hydrogens is 226 g/mol. The van der Waals surface area contributed by atoms with Crippen molar-refractivity contribution in [3.8, 4) is 0 Å². The topological polar surface area (TPSA) is 97.4 Å². The lowest BCUT2D eigenvalue weighted by Gasteiger charge is -2.23. The van der Waals surface area contributed by atoms with E-state index in [2.05, 4.69) is 10.6 Å². The van der Waals surface area contributed by atoms with E-state index in [1.54, 1.807) is 0 Å². The van der Waals surface area contributed by atoms with E-state index in [0.29, 0.717) is 6.54 Å². The van der Waals surface area contributed by atoms with Gasteiger partial charge in [0.1, 0.15) is 4.92 Å². The zero-order chi connectivity index (χ0) is 12.3. The molecule has 0 saturated carbocycles. The Hall–Kier alpha value is -1.89. The van der Waals surface area contributed by atoms with Crippen molar-refractivity contribution in [1.82, 2.24) is 10.6 Å². The van der Waals surface area contributed by atoms with E-state index < -0.39 is 16.7 Å². The lowest BCUT2D eigenvalue weighted by molar-refractivity contribution is -0.402. The van der Waals surface area contributed by atoms with E-state index in [4.69, 9.17) is 4.42 Å². The summed E-state index contributed by atoms with van der Waals surface area (Å²) in [5.74, 6) is -0.856. The lowest BCUT2D eigenvalue weighted by atomic mass is 10.1. The predicted molar refractivity (Wildman–Crippen MR) is 58.7 cm³/mol. The molecule has 0 unspecified atom stereocenters. The first-order chi connectivity index (χ1) is 8.16. The average Bonchev–Trinajstić information content (AvgIpc) is 2.79. The summed E-state index contributed by atoms with van der Waals surface area (Å²) in [6.07, 6.45) is 1.91. The summed E-state index contributed by atoms with van der Waals surface area (Å²) in [7, 11) is 0. The van der Waals surface area contributed by atoms with Gasteiger partial charge in [0.2, 0.25) is 0 Å². The van der Waals surface area contributed by atoms with Gasteiger partial charge in [-0.1, -0.05) is 0 Å². The second-order valence-corrected chi connectivity index (χ2v) is 3.91. The third kappa shape index (κ3) is 2.82. The minimum Gasteiger partial charge on any atom is -0.395 e. The van der Waals surface area contributed by atoms with E-state index in [1.165, 1.54) is 12.1 Å². The lowest BCUT2D eigenvalue weighted by Crippen LogP contribution is -2.45. The van der Waals surface area contributed by atoms with Gasteiger partial charge in [-0.3, -0.25) is 14.9 Å². The molecule has 7 nitrogen and oxygen atoms in total. The Bertz CT molecular complexity index is 423. The van der Waals surface area contributed by atoms with E-state index in [-0.39, 0.29) is 11.8 Å². The van der Waals surface area contributed by atoms with E-state index in [9.17, 15) is 14.9 Å². The molecule has 2 rings (SSSR count). The smallest absolute Gasteiger partial charge is 0.395 e. The molecule has 0 bridgehead atoms. The van der Waals surface area contributed by atoms with Gasteiger partial charge in [-0.15, -0.1) is 0 Å². The van der Waals surface area contributed by atoms with E-state index >= 15 is 0 Å². The zero-order valence-corrected chi connectivity index (χ0v) is 9.14. The molecule has 1 saturated heterocycles. The molecule has 1 aromatic heterocycles. The van der Waals surface area contributed by atoms with Crippen LogP contribution < -0.4 is 10.6 Å². The number of hydrogen-bond donors (Lipinski definition) is 2. The Labute approximate surface area is 97.3 Å². The van der Waals surface area contributed by atoms with Crippen LogP contribution in [0.3, 0.4) is 0 Å². The highest BCUT2D eigenvalue weighted by atomic mass is 16.6. The number of rotatable bonds is 3. The first-order valence-electron chi connectivity index (χ1n) is 5.42. The molecule has 0 radical (unpaired) electrons. The Balaban J connectivity index is 1.96. The molecule has 2 heterocycles. The Morgan fingerprint density at radius 3 is 3.00 bits per heavy atom. The second kappa shape index (κ2) is 4.96. The highest BCUT2D eigenvalue weighted by Crippen LogP contribution is 2.15. The molecular formula is C10H13N3O4. The molecule has 0 aliphatic carbocycles. The minimum atomic E-state index is -0.668. The van der Waals surface area contributed by atoms with Crippen LogP contribution in [-0.4, -0.2) is 30.0 Å². The second-order valence-electron chi connectivity index (χ2n) is 3.91. The minimum absolute atomic E-state index is 0.0257. The van der Waals surface area contributed by atoms with Crippen LogP contribution in [0.1, 0.15) is 23.4 Å². The average molecular weight is 239 g/mol. The standard InChI is InChI=1S/C10H13N3O4/c14-10(12-7-2-1-5-11-6-7)8-3-4-9(17-8)13(15)16/h3-4,7,11H,1-2,5-6H2,(H,12,14)/t7-/m1/s1. The van der Waals surface area contributed by atoms with Gasteiger partial charge in [0, 0.05) is 12.6 Å². The number of carbonyl (C=O) groups excluding carboxylic acids is 1. The molecule has 1 fully saturated rings. The van der Waals surface area contributed by atoms with Crippen molar-refractivity contribution in [3.05, 3.63) is 28.0 Å². The SMILES string of the molecule is O=C(N[C@@H]1CCCNC1)c1ccc([N+](=O)[O-])o1. The molecule has 1 aliphatic rings. The highest BCUT2D eigenvalue weighted by molar-refractivity contribution is 5.91. The van der Waals surface area contributed by atoms with Crippen LogP contribution in [0.5, 0.6) is 0 Å². The van der Waals surface area contributed by atoms with Crippen molar-refractivity contribution >= 4 is 11.8 Å². The third-order valence-corrected chi connectivity index (χ3v) is 2.63. The van der Waals surface area contributed by atoms with Gasteiger partial charge in [0.25, 0.3) is 5.91 Å². The van der Waals surface area contributed by atoms with Gasteiger partial charge in [-0.2, -0.15) is 0 Å². The van der Waals surface area contributed by atoms with Crippen LogP contribution in [0.15, 0.2) is 16.5 Å². The van der Waals surface area contributed by atoms with Gasteiger partial charge in [-0.05, 0) is 25.5 Å². The Kier molecular flexibility index (Phi) is 3.38. The van der Waals surface area contributed by atoms with Gasteiger partial charge in [-0.25, -0.2) is 0 Å².